The standard InChI is InChI=1S/C19H21FN4O5S/c20-14-6-8-16(9-7-14)30(27,28)24-13-12-23(18(24)17(25)22-11-10-21)19(26)29-15-4-2-1-3-5-15/h1-9,18H,10-13,21H2,(H,22,25). The highest BCUT2D eigenvalue weighted by atomic mass is 32.2. The molecule has 2 amide bonds. The van der Waals surface area contributed by atoms with Gasteiger partial charge in [-0.3, -0.25) is 9.69 Å². The Hall–Kier alpha value is -3.02. The van der Waals surface area contributed by atoms with Crippen molar-refractivity contribution in [2.75, 3.05) is 26.2 Å². The van der Waals surface area contributed by atoms with Crippen molar-refractivity contribution in [2.24, 2.45) is 5.73 Å². The molecular weight excluding hydrogens is 415 g/mol. The molecule has 1 aliphatic rings. The quantitative estimate of drug-likeness (QED) is 0.689. The highest BCUT2D eigenvalue weighted by molar-refractivity contribution is 7.89. The molecule has 1 heterocycles. The molecule has 9 nitrogen and oxygen atoms in total. The zero-order valence-electron chi connectivity index (χ0n) is 15.9. The van der Waals surface area contributed by atoms with Gasteiger partial charge in [-0.1, -0.05) is 18.2 Å². The van der Waals surface area contributed by atoms with Gasteiger partial charge in [0.1, 0.15) is 11.6 Å². The topological polar surface area (TPSA) is 122 Å². The van der Waals surface area contributed by atoms with Crippen molar-refractivity contribution in [3.8, 4) is 5.75 Å². The lowest BCUT2D eigenvalue weighted by molar-refractivity contribution is -0.127. The van der Waals surface area contributed by atoms with E-state index in [-0.39, 0.29) is 36.8 Å². The van der Waals surface area contributed by atoms with Crippen molar-refractivity contribution < 1.29 is 27.1 Å². The number of amides is 2. The lowest BCUT2D eigenvalue weighted by Crippen LogP contribution is -2.54. The first-order valence-corrected chi connectivity index (χ1v) is 10.6. The summed E-state index contributed by atoms with van der Waals surface area (Å²) in [4.78, 5) is 26.2. The van der Waals surface area contributed by atoms with Gasteiger partial charge in [0.15, 0.2) is 6.17 Å². The third kappa shape index (κ3) is 4.58. The summed E-state index contributed by atoms with van der Waals surface area (Å²) in [6, 6.07) is 12.4. The average Bonchev–Trinajstić information content (AvgIpc) is 3.19. The van der Waals surface area contributed by atoms with Gasteiger partial charge in [0.25, 0.3) is 5.91 Å². The zero-order valence-corrected chi connectivity index (χ0v) is 16.7. The fourth-order valence-corrected chi connectivity index (χ4v) is 4.54. The predicted molar refractivity (Wildman–Crippen MR) is 105 cm³/mol. The minimum absolute atomic E-state index is 0.0627. The van der Waals surface area contributed by atoms with Gasteiger partial charge in [0.05, 0.1) is 4.90 Å². The second kappa shape index (κ2) is 9.20. The molecule has 160 valence electrons. The van der Waals surface area contributed by atoms with Crippen LogP contribution in [0.3, 0.4) is 0 Å². The van der Waals surface area contributed by atoms with Crippen LogP contribution in [-0.2, 0) is 14.8 Å². The molecule has 2 aromatic carbocycles. The van der Waals surface area contributed by atoms with Crippen molar-refractivity contribution >= 4 is 22.0 Å². The summed E-state index contributed by atoms with van der Waals surface area (Å²) in [7, 11) is -4.19. The Kier molecular flexibility index (Phi) is 6.65. The van der Waals surface area contributed by atoms with Crippen molar-refractivity contribution in [3.05, 3.63) is 60.4 Å². The normalized spacial score (nSPS) is 17.0. The molecule has 1 fully saturated rings. The Morgan fingerprint density at radius 3 is 2.40 bits per heavy atom. The Balaban J connectivity index is 1.90. The summed E-state index contributed by atoms with van der Waals surface area (Å²) in [6.45, 7) is 0.0378. The van der Waals surface area contributed by atoms with Gasteiger partial charge in [0.2, 0.25) is 10.0 Å². The molecule has 11 heteroatoms. The lowest BCUT2D eigenvalue weighted by atomic mass is 10.3. The van der Waals surface area contributed by atoms with Crippen LogP contribution < -0.4 is 15.8 Å². The summed E-state index contributed by atoms with van der Waals surface area (Å²) >= 11 is 0. The molecule has 1 aliphatic heterocycles. The van der Waals surface area contributed by atoms with Crippen LogP contribution in [0.15, 0.2) is 59.5 Å². The number of sulfonamides is 1. The van der Waals surface area contributed by atoms with Gasteiger partial charge in [-0.2, -0.15) is 4.31 Å². The van der Waals surface area contributed by atoms with E-state index >= 15 is 0 Å². The number of para-hydroxylation sites is 1. The fraction of sp³-hybridized carbons (Fsp3) is 0.263. The van der Waals surface area contributed by atoms with Crippen LogP contribution in [0, 0.1) is 5.82 Å². The van der Waals surface area contributed by atoms with Crippen molar-refractivity contribution in [3.63, 3.8) is 0 Å². The highest BCUT2D eigenvalue weighted by Crippen LogP contribution is 2.26. The highest BCUT2D eigenvalue weighted by Gasteiger charge is 2.47. The Labute approximate surface area is 173 Å². The zero-order chi connectivity index (χ0) is 21.7. The maximum absolute atomic E-state index is 13.2. The largest absolute Gasteiger partial charge is 0.417 e. The third-order valence-electron chi connectivity index (χ3n) is 4.41. The van der Waals surface area contributed by atoms with E-state index < -0.39 is 34.0 Å². The van der Waals surface area contributed by atoms with Crippen LogP contribution in [0.4, 0.5) is 9.18 Å². The van der Waals surface area contributed by atoms with Gasteiger partial charge in [-0.15, -0.1) is 0 Å². The van der Waals surface area contributed by atoms with Gasteiger partial charge in [-0.25, -0.2) is 17.6 Å². The first-order valence-electron chi connectivity index (χ1n) is 9.13. The molecule has 2 aromatic rings. The number of rotatable bonds is 6. The summed E-state index contributed by atoms with van der Waals surface area (Å²) in [5.41, 5.74) is 5.41. The van der Waals surface area contributed by atoms with Gasteiger partial charge >= 0.3 is 6.09 Å². The number of halogens is 1. The summed E-state index contributed by atoms with van der Waals surface area (Å²) in [6.07, 6.45) is -2.34. The maximum Gasteiger partial charge on any atom is 0.417 e. The van der Waals surface area contributed by atoms with E-state index in [0.717, 1.165) is 33.5 Å². The SMILES string of the molecule is NCCNC(=O)C1N(C(=O)Oc2ccccc2)CCN1S(=O)(=O)c1ccc(F)cc1. The molecule has 0 radical (unpaired) electrons. The van der Waals surface area contributed by atoms with Crippen LogP contribution in [0.2, 0.25) is 0 Å². The van der Waals surface area contributed by atoms with Crippen LogP contribution in [0.25, 0.3) is 0 Å². The first-order chi connectivity index (χ1) is 14.3. The van der Waals surface area contributed by atoms with Crippen molar-refractivity contribution in [1.29, 1.82) is 0 Å². The number of nitrogens with zero attached hydrogens (tertiary/aromatic N) is 2. The van der Waals surface area contributed by atoms with Crippen LogP contribution in [0.5, 0.6) is 5.75 Å². The van der Waals surface area contributed by atoms with Gasteiger partial charge in [-0.05, 0) is 36.4 Å². The van der Waals surface area contributed by atoms with E-state index in [1.807, 2.05) is 0 Å². The lowest BCUT2D eigenvalue weighted by Gasteiger charge is -2.28. The number of carbonyl (C=O) groups is 2. The molecular formula is C19H21FN4O5S. The summed E-state index contributed by atoms with van der Waals surface area (Å²) in [5, 5.41) is 2.51. The van der Waals surface area contributed by atoms with Crippen LogP contribution in [-0.4, -0.2) is 62.0 Å². The fourth-order valence-electron chi connectivity index (χ4n) is 3.00. The molecule has 0 spiro atoms. The number of carbonyl (C=O) groups excluding carboxylic acids is 2. The molecule has 1 saturated heterocycles. The van der Waals surface area contributed by atoms with Crippen molar-refractivity contribution in [1.82, 2.24) is 14.5 Å². The van der Waals surface area contributed by atoms with E-state index in [1.165, 1.54) is 0 Å². The van der Waals surface area contributed by atoms with E-state index in [2.05, 4.69) is 5.32 Å². The number of hydrogen-bond donors (Lipinski definition) is 2. The Bertz CT molecular complexity index is 1000. The van der Waals surface area contributed by atoms with Crippen molar-refractivity contribution in [2.45, 2.75) is 11.1 Å². The second-order valence-electron chi connectivity index (χ2n) is 6.40. The summed E-state index contributed by atoms with van der Waals surface area (Å²) < 4.78 is 45.5. The molecule has 0 saturated carbocycles. The first kappa shape index (κ1) is 21.7. The number of benzene rings is 2. The molecule has 3 N–H and O–H groups in total. The third-order valence-corrected chi connectivity index (χ3v) is 6.28. The van der Waals surface area contributed by atoms with Crippen LogP contribution >= 0.6 is 0 Å². The minimum Gasteiger partial charge on any atom is -0.410 e. The molecule has 1 unspecified atom stereocenters. The Morgan fingerprint density at radius 1 is 1.10 bits per heavy atom. The smallest absolute Gasteiger partial charge is 0.410 e. The molecule has 0 aromatic heterocycles. The van der Waals surface area contributed by atoms with E-state index in [1.54, 1.807) is 30.3 Å². The Morgan fingerprint density at radius 2 is 1.77 bits per heavy atom. The van der Waals surface area contributed by atoms with E-state index in [4.69, 9.17) is 10.5 Å². The minimum atomic E-state index is -4.19. The van der Waals surface area contributed by atoms with E-state index in [0.29, 0.717) is 0 Å². The second-order valence-corrected chi connectivity index (χ2v) is 8.29. The molecule has 3 rings (SSSR count). The number of ether oxygens (including phenoxy) is 1. The van der Waals surface area contributed by atoms with Gasteiger partial charge < -0.3 is 15.8 Å². The number of nitrogens with two attached hydrogens (primary N) is 1. The number of hydrogen-bond acceptors (Lipinski definition) is 6. The summed E-state index contributed by atoms with van der Waals surface area (Å²) in [5.74, 6) is -1.06. The maximum atomic E-state index is 13.2. The molecule has 1 atom stereocenters. The monoisotopic (exact) mass is 436 g/mol. The average molecular weight is 436 g/mol. The molecule has 30 heavy (non-hydrogen) atoms. The number of nitrogens with one attached hydrogen (secondary N) is 1. The van der Waals surface area contributed by atoms with Gasteiger partial charge in [0, 0.05) is 26.2 Å². The molecule has 0 bridgehead atoms. The molecule has 0 aliphatic carbocycles. The predicted octanol–water partition coefficient (Wildman–Crippen LogP) is 0.732. The van der Waals surface area contributed by atoms with Crippen LogP contribution in [0.1, 0.15) is 0 Å². The van der Waals surface area contributed by atoms with E-state index in [9.17, 15) is 22.4 Å².